The van der Waals surface area contributed by atoms with E-state index in [1.54, 1.807) is 6.07 Å². The van der Waals surface area contributed by atoms with E-state index in [0.29, 0.717) is 22.9 Å². The molecule has 0 aromatic heterocycles. The molecule has 0 atom stereocenters. The van der Waals surface area contributed by atoms with Crippen molar-refractivity contribution in [3.05, 3.63) is 52.8 Å². The fourth-order valence-electron chi connectivity index (χ4n) is 1.91. The van der Waals surface area contributed by atoms with Crippen LogP contribution in [0.15, 0.2) is 36.4 Å². The molecule has 2 aromatic rings. The number of nitrogens with two attached hydrogens (primary N) is 1. The highest BCUT2D eigenvalue weighted by atomic mass is 35.5. The number of rotatable bonds is 5. The van der Waals surface area contributed by atoms with Crippen molar-refractivity contribution in [2.24, 2.45) is 0 Å². The van der Waals surface area contributed by atoms with E-state index >= 15 is 0 Å². The summed E-state index contributed by atoms with van der Waals surface area (Å²) in [6.45, 7) is 4.22. The molecule has 3 nitrogen and oxygen atoms in total. The molecule has 5 heteroatoms. The predicted octanol–water partition coefficient (Wildman–Crippen LogP) is 4.46. The molecule has 0 saturated heterocycles. The molecule has 3 N–H and O–H groups in total. The maximum Gasteiger partial charge on any atom is 0.167 e. The second-order valence-corrected chi connectivity index (χ2v) is 5.46. The van der Waals surface area contributed by atoms with Crippen LogP contribution in [0.4, 0.5) is 15.8 Å². The molecule has 2 rings (SSSR count). The highest BCUT2D eigenvalue weighted by Gasteiger charge is 2.10. The normalized spacial score (nSPS) is 10.7. The molecule has 0 unspecified atom stereocenters. The Labute approximate surface area is 128 Å². The third-order valence-corrected chi connectivity index (χ3v) is 3.07. The minimum Gasteiger partial charge on any atom is -0.488 e. The van der Waals surface area contributed by atoms with Crippen molar-refractivity contribution in [3.63, 3.8) is 0 Å². The fourth-order valence-corrected chi connectivity index (χ4v) is 2.12. The third kappa shape index (κ3) is 4.26. The van der Waals surface area contributed by atoms with Crippen LogP contribution in [-0.2, 0) is 6.54 Å². The molecule has 0 aliphatic heterocycles. The van der Waals surface area contributed by atoms with Gasteiger partial charge in [0.15, 0.2) is 11.6 Å². The van der Waals surface area contributed by atoms with E-state index in [-0.39, 0.29) is 11.9 Å². The quantitative estimate of drug-likeness (QED) is 0.802. The van der Waals surface area contributed by atoms with Crippen LogP contribution < -0.4 is 15.8 Å². The van der Waals surface area contributed by atoms with E-state index in [2.05, 4.69) is 5.32 Å². The van der Waals surface area contributed by atoms with Gasteiger partial charge in [0.25, 0.3) is 0 Å². The Balaban J connectivity index is 2.15. The van der Waals surface area contributed by atoms with Gasteiger partial charge in [-0.25, -0.2) is 4.39 Å². The van der Waals surface area contributed by atoms with Gasteiger partial charge in [0.1, 0.15) is 0 Å². The van der Waals surface area contributed by atoms with Crippen LogP contribution in [-0.4, -0.2) is 6.10 Å². The van der Waals surface area contributed by atoms with Gasteiger partial charge < -0.3 is 15.8 Å². The number of halogens is 2. The van der Waals surface area contributed by atoms with Crippen LogP contribution >= 0.6 is 11.6 Å². The van der Waals surface area contributed by atoms with E-state index in [1.807, 2.05) is 38.1 Å². The van der Waals surface area contributed by atoms with Crippen molar-refractivity contribution in [1.82, 2.24) is 0 Å². The summed E-state index contributed by atoms with van der Waals surface area (Å²) in [6, 6.07) is 10.3. The maximum absolute atomic E-state index is 13.8. The standard InChI is InChI=1S/C16H18ClFN2O/c1-10(2)21-16-8-15(14(19)7-13(16)18)20-9-11-4-3-5-12(17)6-11/h3-8,10,20H,9,19H2,1-2H3. The lowest BCUT2D eigenvalue weighted by molar-refractivity contribution is 0.231. The molecule has 0 heterocycles. The van der Waals surface area contributed by atoms with Crippen LogP contribution in [0.25, 0.3) is 0 Å². The minimum absolute atomic E-state index is 0.107. The lowest BCUT2D eigenvalue weighted by Gasteiger charge is -2.15. The van der Waals surface area contributed by atoms with Crippen LogP contribution in [0.2, 0.25) is 5.02 Å². The summed E-state index contributed by atoms with van der Waals surface area (Å²) in [5.41, 5.74) is 7.81. The number of ether oxygens (including phenoxy) is 1. The Hall–Kier alpha value is -1.94. The Kier molecular flexibility index (Phi) is 4.91. The Morgan fingerprint density at radius 3 is 2.71 bits per heavy atom. The molecular weight excluding hydrogens is 291 g/mol. The minimum atomic E-state index is -0.463. The molecule has 0 fully saturated rings. The summed E-state index contributed by atoms with van der Waals surface area (Å²) >= 11 is 5.94. The molecule has 0 spiro atoms. The topological polar surface area (TPSA) is 47.3 Å². The summed E-state index contributed by atoms with van der Waals surface area (Å²) in [5.74, 6) is -0.276. The SMILES string of the molecule is CC(C)Oc1cc(NCc2cccc(Cl)c2)c(N)cc1F. The first kappa shape index (κ1) is 15.4. The average molecular weight is 309 g/mol. The predicted molar refractivity (Wildman–Crippen MR) is 85.4 cm³/mol. The van der Waals surface area contributed by atoms with Crippen molar-refractivity contribution >= 4 is 23.0 Å². The lowest BCUT2D eigenvalue weighted by Crippen LogP contribution is -2.09. The van der Waals surface area contributed by atoms with E-state index < -0.39 is 5.82 Å². The largest absolute Gasteiger partial charge is 0.488 e. The van der Waals surface area contributed by atoms with Gasteiger partial charge in [0.2, 0.25) is 0 Å². The van der Waals surface area contributed by atoms with Gasteiger partial charge in [-0.15, -0.1) is 0 Å². The van der Waals surface area contributed by atoms with Crippen molar-refractivity contribution in [1.29, 1.82) is 0 Å². The molecular formula is C16H18ClFN2O. The molecule has 0 bridgehead atoms. The lowest BCUT2D eigenvalue weighted by atomic mass is 10.2. The van der Waals surface area contributed by atoms with Crippen molar-refractivity contribution in [3.8, 4) is 5.75 Å². The maximum atomic E-state index is 13.8. The van der Waals surface area contributed by atoms with Crippen LogP contribution in [0, 0.1) is 5.82 Å². The molecule has 0 aliphatic rings. The monoisotopic (exact) mass is 308 g/mol. The summed E-state index contributed by atoms with van der Waals surface area (Å²) < 4.78 is 19.2. The second kappa shape index (κ2) is 6.68. The van der Waals surface area contributed by atoms with Crippen LogP contribution in [0.1, 0.15) is 19.4 Å². The molecule has 2 aromatic carbocycles. The molecule has 0 saturated carbocycles. The molecule has 21 heavy (non-hydrogen) atoms. The zero-order valence-corrected chi connectivity index (χ0v) is 12.7. The van der Waals surface area contributed by atoms with Crippen LogP contribution in [0.5, 0.6) is 5.75 Å². The van der Waals surface area contributed by atoms with Crippen molar-refractivity contribution in [2.45, 2.75) is 26.5 Å². The molecule has 0 aliphatic carbocycles. The van der Waals surface area contributed by atoms with Gasteiger partial charge >= 0.3 is 0 Å². The summed E-state index contributed by atoms with van der Waals surface area (Å²) in [5, 5.41) is 3.84. The summed E-state index contributed by atoms with van der Waals surface area (Å²) in [6.07, 6.45) is -0.107. The number of benzene rings is 2. The van der Waals surface area contributed by atoms with E-state index in [0.717, 1.165) is 5.56 Å². The first-order valence-corrected chi connectivity index (χ1v) is 7.07. The van der Waals surface area contributed by atoms with Gasteiger partial charge in [-0.1, -0.05) is 23.7 Å². The fraction of sp³-hybridized carbons (Fsp3) is 0.250. The molecule has 0 radical (unpaired) electrons. The average Bonchev–Trinajstić information content (AvgIpc) is 2.40. The van der Waals surface area contributed by atoms with Gasteiger partial charge in [-0.05, 0) is 31.5 Å². The Bertz CT molecular complexity index is 632. The number of hydrogen-bond donors (Lipinski definition) is 2. The zero-order chi connectivity index (χ0) is 15.4. The van der Waals surface area contributed by atoms with Crippen molar-refractivity contribution < 1.29 is 9.13 Å². The molecule has 0 amide bonds. The molecule has 112 valence electrons. The second-order valence-electron chi connectivity index (χ2n) is 5.02. The summed E-state index contributed by atoms with van der Waals surface area (Å²) in [7, 11) is 0. The van der Waals surface area contributed by atoms with E-state index in [4.69, 9.17) is 22.1 Å². The highest BCUT2D eigenvalue weighted by Crippen LogP contribution is 2.29. The smallest absolute Gasteiger partial charge is 0.167 e. The van der Waals surface area contributed by atoms with E-state index in [1.165, 1.54) is 6.07 Å². The highest BCUT2D eigenvalue weighted by molar-refractivity contribution is 6.30. The number of anilines is 2. The van der Waals surface area contributed by atoms with Gasteiger partial charge in [0.05, 0.1) is 17.5 Å². The van der Waals surface area contributed by atoms with Gasteiger partial charge in [-0.3, -0.25) is 0 Å². The third-order valence-electron chi connectivity index (χ3n) is 2.84. The van der Waals surface area contributed by atoms with Crippen LogP contribution in [0.3, 0.4) is 0 Å². The Morgan fingerprint density at radius 1 is 1.29 bits per heavy atom. The van der Waals surface area contributed by atoms with E-state index in [9.17, 15) is 4.39 Å². The van der Waals surface area contributed by atoms with Crippen molar-refractivity contribution in [2.75, 3.05) is 11.1 Å². The number of hydrogen-bond acceptors (Lipinski definition) is 3. The number of nitrogen functional groups attached to an aromatic ring is 1. The summed E-state index contributed by atoms with van der Waals surface area (Å²) in [4.78, 5) is 0. The Morgan fingerprint density at radius 2 is 2.05 bits per heavy atom. The zero-order valence-electron chi connectivity index (χ0n) is 12.0. The van der Waals surface area contributed by atoms with Gasteiger partial charge in [-0.2, -0.15) is 0 Å². The number of nitrogens with one attached hydrogen (secondary N) is 1. The van der Waals surface area contributed by atoms with Gasteiger partial charge in [0, 0.05) is 23.7 Å². The first-order valence-electron chi connectivity index (χ1n) is 6.69. The first-order chi connectivity index (χ1) is 9.95.